The molecule has 0 radical (unpaired) electrons. The van der Waals surface area contributed by atoms with Crippen LogP contribution in [0.5, 0.6) is 5.75 Å². The van der Waals surface area contributed by atoms with Crippen LogP contribution in [0.4, 0.5) is 5.69 Å². The fraction of sp³-hybridized carbons (Fsp3) is 0.560. The number of carbonyl (C=O) groups excluding carboxylic acids is 1. The molecule has 4 nitrogen and oxygen atoms in total. The Kier molecular flexibility index (Phi) is 7.18. The summed E-state index contributed by atoms with van der Waals surface area (Å²) < 4.78 is 12.3. The van der Waals surface area contributed by atoms with Gasteiger partial charge in [0.2, 0.25) is 0 Å². The van der Waals surface area contributed by atoms with Gasteiger partial charge in [0.05, 0.1) is 6.10 Å². The molecule has 1 aliphatic rings. The van der Waals surface area contributed by atoms with E-state index in [2.05, 4.69) is 33.0 Å². The molecule has 158 valence electrons. The summed E-state index contributed by atoms with van der Waals surface area (Å²) in [7, 11) is 0. The summed E-state index contributed by atoms with van der Waals surface area (Å²) in [5.41, 5.74) is 0.107. The van der Waals surface area contributed by atoms with Crippen LogP contribution in [0.1, 0.15) is 66.2 Å². The van der Waals surface area contributed by atoms with E-state index in [1.54, 1.807) is 0 Å². The van der Waals surface area contributed by atoms with Crippen molar-refractivity contribution in [1.29, 1.82) is 0 Å². The van der Waals surface area contributed by atoms with Crippen LogP contribution in [0.15, 0.2) is 36.4 Å². The van der Waals surface area contributed by atoms with Gasteiger partial charge in [-0.2, -0.15) is 0 Å². The predicted molar refractivity (Wildman–Crippen MR) is 120 cm³/mol. The number of anilines is 1. The Morgan fingerprint density at radius 3 is 2.48 bits per heavy atom. The third-order valence-corrected chi connectivity index (χ3v) is 6.11. The molecule has 0 spiro atoms. The van der Waals surface area contributed by atoms with Gasteiger partial charge in [0.15, 0.2) is 0 Å². The molecule has 1 saturated carbocycles. The fourth-order valence-corrected chi connectivity index (χ4v) is 3.98. The van der Waals surface area contributed by atoms with Crippen molar-refractivity contribution < 1.29 is 14.3 Å². The standard InChI is InChI=1S/C25H35NO3/c1-5-17-28-25(15-13-18(3)14-16-25)24(27)26-22-11-12-23(29-19(4)6-2)21-10-8-7-9-20(21)22/h7-12,18-19H,5-6,13-17H2,1-4H3,(H,26,27)/t18?,19-,25?/m0/s1. The van der Waals surface area contributed by atoms with Crippen molar-refractivity contribution in [3.63, 3.8) is 0 Å². The molecule has 0 saturated heterocycles. The Bertz CT molecular complexity index is 818. The van der Waals surface area contributed by atoms with E-state index in [0.29, 0.717) is 12.5 Å². The van der Waals surface area contributed by atoms with Gasteiger partial charge in [-0.15, -0.1) is 0 Å². The summed E-state index contributed by atoms with van der Waals surface area (Å²) in [6.45, 7) is 9.14. The molecule has 1 fully saturated rings. The van der Waals surface area contributed by atoms with E-state index >= 15 is 0 Å². The molecule has 0 aliphatic heterocycles. The number of ether oxygens (including phenoxy) is 2. The second kappa shape index (κ2) is 9.62. The van der Waals surface area contributed by atoms with E-state index in [4.69, 9.17) is 9.47 Å². The van der Waals surface area contributed by atoms with Crippen LogP contribution in [-0.2, 0) is 9.53 Å². The van der Waals surface area contributed by atoms with Crippen LogP contribution in [-0.4, -0.2) is 24.2 Å². The highest BCUT2D eigenvalue weighted by atomic mass is 16.5. The average Bonchev–Trinajstić information content (AvgIpc) is 2.75. The van der Waals surface area contributed by atoms with Gasteiger partial charge in [0.25, 0.3) is 5.91 Å². The van der Waals surface area contributed by atoms with Gasteiger partial charge in [-0.1, -0.05) is 45.0 Å². The SMILES string of the molecule is CCCOC1(C(=O)Nc2ccc(O[C@@H](C)CC)c3ccccc23)CCC(C)CC1. The first-order valence-corrected chi connectivity index (χ1v) is 11.1. The molecule has 0 aromatic heterocycles. The molecule has 2 aromatic carbocycles. The number of fused-ring (bicyclic) bond motifs is 1. The van der Waals surface area contributed by atoms with Crippen molar-refractivity contribution in [3.8, 4) is 5.75 Å². The Morgan fingerprint density at radius 1 is 1.14 bits per heavy atom. The largest absolute Gasteiger partial charge is 0.490 e. The minimum atomic E-state index is -0.713. The molecule has 2 aromatic rings. The molecule has 1 atom stereocenters. The van der Waals surface area contributed by atoms with Crippen molar-refractivity contribution in [2.24, 2.45) is 5.92 Å². The summed E-state index contributed by atoms with van der Waals surface area (Å²) in [6.07, 6.45) is 5.63. The van der Waals surface area contributed by atoms with Gasteiger partial charge >= 0.3 is 0 Å². The van der Waals surface area contributed by atoms with Crippen molar-refractivity contribution >= 4 is 22.4 Å². The molecular formula is C25H35NO3. The third kappa shape index (κ3) is 4.92. The van der Waals surface area contributed by atoms with Crippen molar-refractivity contribution in [1.82, 2.24) is 0 Å². The number of hydrogen-bond donors (Lipinski definition) is 1. The van der Waals surface area contributed by atoms with E-state index in [1.165, 1.54) is 0 Å². The molecule has 29 heavy (non-hydrogen) atoms. The number of amides is 1. The lowest BCUT2D eigenvalue weighted by atomic mass is 9.78. The minimum absolute atomic E-state index is 0.0152. The number of nitrogens with one attached hydrogen (secondary N) is 1. The van der Waals surface area contributed by atoms with Crippen molar-refractivity contribution in [3.05, 3.63) is 36.4 Å². The summed E-state index contributed by atoms with van der Waals surface area (Å²) in [5, 5.41) is 5.21. The van der Waals surface area contributed by atoms with Gasteiger partial charge in [-0.25, -0.2) is 0 Å². The van der Waals surface area contributed by atoms with Crippen LogP contribution in [0.2, 0.25) is 0 Å². The normalized spacial score (nSPS) is 23.0. The maximum atomic E-state index is 13.4. The molecule has 0 bridgehead atoms. The second-order valence-corrected chi connectivity index (χ2v) is 8.47. The minimum Gasteiger partial charge on any atom is -0.490 e. The first-order valence-electron chi connectivity index (χ1n) is 11.1. The first-order chi connectivity index (χ1) is 14.0. The molecule has 4 heteroatoms. The van der Waals surface area contributed by atoms with Crippen molar-refractivity contribution in [2.75, 3.05) is 11.9 Å². The van der Waals surface area contributed by atoms with E-state index in [9.17, 15) is 4.79 Å². The lowest BCUT2D eigenvalue weighted by Gasteiger charge is -2.38. The summed E-state index contributed by atoms with van der Waals surface area (Å²) in [5.74, 6) is 1.49. The average molecular weight is 398 g/mol. The van der Waals surface area contributed by atoms with E-state index < -0.39 is 5.60 Å². The third-order valence-electron chi connectivity index (χ3n) is 6.11. The highest BCUT2D eigenvalue weighted by Crippen LogP contribution is 2.38. The number of rotatable bonds is 8. The summed E-state index contributed by atoms with van der Waals surface area (Å²) in [4.78, 5) is 13.4. The summed E-state index contributed by atoms with van der Waals surface area (Å²) >= 11 is 0. The molecule has 3 rings (SSSR count). The van der Waals surface area contributed by atoms with Gasteiger partial charge in [-0.3, -0.25) is 4.79 Å². The second-order valence-electron chi connectivity index (χ2n) is 8.47. The molecule has 1 aliphatic carbocycles. The van der Waals surface area contributed by atoms with Crippen LogP contribution >= 0.6 is 0 Å². The van der Waals surface area contributed by atoms with Crippen LogP contribution in [0, 0.1) is 5.92 Å². The lowest BCUT2D eigenvalue weighted by molar-refractivity contribution is -0.147. The van der Waals surface area contributed by atoms with Gasteiger partial charge in [0, 0.05) is 23.1 Å². The Balaban J connectivity index is 1.88. The van der Waals surface area contributed by atoms with E-state index in [0.717, 1.165) is 60.7 Å². The van der Waals surface area contributed by atoms with E-state index in [1.807, 2.05) is 36.4 Å². The summed E-state index contributed by atoms with van der Waals surface area (Å²) in [6, 6.07) is 12.0. The van der Waals surface area contributed by atoms with Gasteiger partial charge in [-0.05, 0) is 63.5 Å². The number of hydrogen-bond acceptors (Lipinski definition) is 3. The number of benzene rings is 2. The molecule has 0 unspecified atom stereocenters. The van der Waals surface area contributed by atoms with E-state index in [-0.39, 0.29) is 12.0 Å². The lowest BCUT2D eigenvalue weighted by Crippen LogP contribution is -2.48. The quantitative estimate of drug-likeness (QED) is 0.566. The molecule has 1 amide bonds. The molecular weight excluding hydrogens is 362 g/mol. The predicted octanol–water partition coefficient (Wildman–Crippen LogP) is 6.33. The van der Waals surface area contributed by atoms with Gasteiger partial charge < -0.3 is 14.8 Å². The number of carbonyl (C=O) groups is 1. The van der Waals surface area contributed by atoms with Gasteiger partial charge in [0.1, 0.15) is 11.4 Å². The first kappa shape index (κ1) is 21.6. The zero-order chi connectivity index (χ0) is 20.9. The maximum absolute atomic E-state index is 13.4. The van der Waals surface area contributed by atoms with Crippen molar-refractivity contribution in [2.45, 2.75) is 77.9 Å². The molecule has 0 heterocycles. The Labute approximate surface area is 175 Å². The zero-order valence-electron chi connectivity index (χ0n) is 18.3. The van der Waals surface area contributed by atoms with Crippen LogP contribution < -0.4 is 10.1 Å². The highest BCUT2D eigenvalue weighted by Gasteiger charge is 2.42. The smallest absolute Gasteiger partial charge is 0.256 e. The fourth-order valence-electron chi connectivity index (χ4n) is 3.98. The molecule has 1 N–H and O–H groups in total. The maximum Gasteiger partial charge on any atom is 0.256 e. The zero-order valence-corrected chi connectivity index (χ0v) is 18.3. The van der Waals surface area contributed by atoms with Crippen LogP contribution in [0.25, 0.3) is 10.8 Å². The topological polar surface area (TPSA) is 47.6 Å². The Morgan fingerprint density at radius 2 is 1.83 bits per heavy atom. The monoisotopic (exact) mass is 397 g/mol. The Hall–Kier alpha value is -2.07. The highest BCUT2D eigenvalue weighted by molar-refractivity contribution is 6.06. The van der Waals surface area contributed by atoms with Crippen LogP contribution in [0.3, 0.4) is 0 Å².